The summed E-state index contributed by atoms with van der Waals surface area (Å²) in [6.07, 6.45) is 1.28. The van der Waals surface area contributed by atoms with Gasteiger partial charge >= 0.3 is 0 Å². The van der Waals surface area contributed by atoms with Gasteiger partial charge in [0, 0.05) is 15.5 Å². The Morgan fingerprint density at radius 1 is 1.13 bits per heavy atom. The first kappa shape index (κ1) is 22.5. The van der Waals surface area contributed by atoms with Crippen molar-refractivity contribution in [2.75, 3.05) is 18.1 Å². The quantitative estimate of drug-likeness (QED) is 0.419. The SMILES string of the molecule is Cc1sc(CNC(=O)COc2ccc(C3SCCCS3)cc2)nc1-c1ccc(Cl)cc1. The summed E-state index contributed by atoms with van der Waals surface area (Å²) in [4.78, 5) is 18.0. The summed E-state index contributed by atoms with van der Waals surface area (Å²) in [5.74, 6) is 2.98. The predicted molar refractivity (Wildman–Crippen MR) is 133 cm³/mol. The summed E-state index contributed by atoms with van der Waals surface area (Å²) < 4.78 is 6.16. The van der Waals surface area contributed by atoms with Crippen LogP contribution in [0.25, 0.3) is 11.3 Å². The second-order valence-corrected chi connectivity index (χ2v) is 11.5. The van der Waals surface area contributed by atoms with Gasteiger partial charge in [-0.15, -0.1) is 34.9 Å². The van der Waals surface area contributed by atoms with Crippen molar-refractivity contribution in [1.29, 1.82) is 0 Å². The number of aromatic nitrogens is 1. The molecule has 8 heteroatoms. The first-order chi connectivity index (χ1) is 15.1. The van der Waals surface area contributed by atoms with Crippen LogP contribution in [-0.4, -0.2) is 29.0 Å². The van der Waals surface area contributed by atoms with Crippen molar-refractivity contribution >= 4 is 52.4 Å². The van der Waals surface area contributed by atoms with Gasteiger partial charge in [-0.2, -0.15) is 0 Å². The minimum absolute atomic E-state index is 0.0132. The first-order valence-corrected chi connectivity index (χ1v) is 13.3. The number of hydrogen-bond donors (Lipinski definition) is 1. The van der Waals surface area contributed by atoms with Crippen LogP contribution in [0.5, 0.6) is 5.75 Å². The van der Waals surface area contributed by atoms with Crippen molar-refractivity contribution in [3.8, 4) is 17.0 Å². The van der Waals surface area contributed by atoms with Crippen molar-refractivity contribution in [2.24, 2.45) is 0 Å². The number of carbonyl (C=O) groups excluding carboxylic acids is 1. The molecule has 4 nitrogen and oxygen atoms in total. The fourth-order valence-corrected chi connectivity index (χ4v) is 7.09. The van der Waals surface area contributed by atoms with Gasteiger partial charge in [-0.25, -0.2) is 4.98 Å². The van der Waals surface area contributed by atoms with Crippen LogP contribution < -0.4 is 10.1 Å². The minimum atomic E-state index is -0.164. The number of nitrogens with zero attached hydrogens (tertiary/aromatic N) is 1. The van der Waals surface area contributed by atoms with Crippen LogP contribution in [0.3, 0.4) is 0 Å². The van der Waals surface area contributed by atoms with Gasteiger partial charge in [0.15, 0.2) is 6.61 Å². The molecular weight excluding hydrogens is 468 g/mol. The van der Waals surface area contributed by atoms with Crippen molar-refractivity contribution in [2.45, 2.75) is 24.5 Å². The summed E-state index contributed by atoms with van der Waals surface area (Å²) in [7, 11) is 0. The molecule has 1 N–H and O–H groups in total. The Bertz CT molecular complexity index is 1020. The highest BCUT2D eigenvalue weighted by molar-refractivity contribution is 8.16. The fraction of sp³-hybridized carbons (Fsp3) is 0.304. The van der Waals surface area contributed by atoms with Gasteiger partial charge in [-0.1, -0.05) is 35.9 Å². The maximum Gasteiger partial charge on any atom is 0.258 e. The minimum Gasteiger partial charge on any atom is -0.484 e. The molecule has 0 aliphatic carbocycles. The number of rotatable bonds is 7. The molecule has 1 saturated heterocycles. The number of nitrogens with one attached hydrogen (secondary N) is 1. The third kappa shape index (κ3) is 6.19. The van der Waals surface area contributed by atoms with E-state index in [1.807, 2.05) is 66.8 Å². The zero-order valence-electron chi connectivity index (χ0n) is 17.1. The number of halogens is 1. The Hall–Kier alpha value is -1.67. The van der Waals surface area contributed by atoms with Crippen LogP contribution in [0.4, 0.5) is 0 Å². The topological polar surface area (TPSA) is 51.2 Å². The van der Waals surface area contributed by atoms with E-state index in [-0.39, 0.29) is 12.5 Å². The lowest BCUT2D eigenvalue weighted by Crippen LogP contribution is -2.28. The zero-order valence-corrected chi connectivity index (χ0v) is 20.3. The van der Waals surface area contributed by atoms with Crippen LogP contribution in [0, 0.1) is 6.92 Å². The zero-order chi connectivity index (χ0) is 21.6. The van der Waals surface area contributed by atoms with E-state index in [0.29, 0.717) is 21.9 Å². The Morgan fingerprint density at radius 3 is 2.55 bits per heavy atom. The van der Waals surface area contributed by atoms with E-state index in [4.69, 9.17) is 16.3 Å². The highest BCUT2D eigenvalue weighted by Crippen LogP contribution is 2.43. The van der Waals surface area contributed by atoms with Gasteiger partial charge in [0.25, 0.3) is 5.91 Å². The number of amides is 1. The predicted octanol–water partition coefficient (Wildman–Crippen LogP) is 6.34. The molecule has 1 aliphatic heterocycles. The summed E-state index contributed by atoms with van der Waals surface area (Å²) in [5.41, 5.74) is 3.26. The van der Waals surface area contributed by atoms with E-state index in [9.17, 15) is 4.79 Å². The molecule has 0 atom stereocenters. The monoisotopic (exact) mass is 490 g/mol. The highest BCUT2D eigenvalue weighted by atomic mass is 35.5. The molecule has 1 fully saturated rings. The van der Waals surface area contributed by atoms with Gasteiger partial charge in [0.1, 0.15) is 10.8 Å². The maximum absolute atomic E-state index is 12.2. The first-order valence-electron chi connectivity index (χ1n) is 10.0. The largest absolute Gasteiger partial charge is 0.484 e. The van der Waals surface area contributed by atoms with E-state index in [2.05, 4.69) is 22.4 Å². The molecule has 1 amide bonds. The number of thioether (sulfide) groups is 2. The van der Waals surface area contributed by atoms with Crippen molar-refractivity contribution < 1.29 is 9.53 Å². The maximum atomic E-state index is 12.2. The summed E-state index contributed by atoms with van der Waals surface area (Å²) >= 11 is 11.5. The van der Waals surface area contributed by atoms with E-state index in [1.165, 1.54) is 23.5 Å². The lowest BCUT2D eigenvalue weighted by molar-refractivity contribution is -0.123. The van der Waals surface area contributed by atoms with Crippen molar-refractivity contribution in [3.05, 3.63) is 69.0 Å². The van der Waals surface area contributed by atoms with Gasteiger partial charge < -0.3 is 10.1 Å². The summed E-state index contributed by atoms with van der Waals surface area (Å²) in [5, 5.41) is 4.45. The van der Waals surface area contributed by atoms with Crippen molar-refractivity contribution in [3.63, 3.8) is 0 Å². The van der Waals surface area contributed by atoms with Crippen LogP contribution in [0.2, 0.25) is 5.02 Å². The standard InChI is InChI=1S/C23H23ClN2O2S3/c1-15-22(16-3-7-18(24)8-4-16)26-21(31-15)13-25-20(27)14-28-19-9-5-17(6-10-19)23-29-11-2-12-30-23/h3-10,23H,2,11-14H2,1H3,(H,25,27). The Labute approximate surface area is 200 Å². The fourth-order valence-electron chi connectivity index (χ4n) is 3.18. The number of hydrogen-bond acceptors (Lipinski definition) is 6. The molecule has 0 saturated carbocycles. The molecule has 0 radical (unpaired) electrons. The number of carbonyl (C=O) groups is 1. The molecule has 0 spiro atoms. The number of ether oxygens (including phenoxy) is 1. The Morgan fingerprint density at radius 2 is 1.84 bits per heavy atom. The van der Waals surface area contributed by atoms with E-state index in [0.717, 1.165) is 21.1 Å². The molecule has 3 aromatic rings. The third-order valence-corrected chi connectivity index (χ3v) is 8.98. The average Bonchev–Trinajstić information content (AvgIpc) is 3.18. The van der Waals surface area contributed by atoms with Gasteiger partial charge in [-0.3, -0.25) is 4.79 Å². The highest BCUT2D eigenvalue weighted by Gasteiger charge is 2.16. The molecular formula is C23H23ClN2O2S3. The molecule has 4 rings (SSSR count). The molecule has 2 heterocycles. The van der Waals surface area contributed by atoms with Gasteiger partial charge in [0.05, 0.1) is 16.8 Å². The molecule has 0 unspecified atom stereocenters. The molecule has 162 valence electrons. The van der Waals surface area contributed by atoms with Crippen LogP contribution in [-0.2, 0) is 11.3 Å². The average molecular weight is 491 g/mol. The van der Waals surface area contributed by atoms with Crippen molar-refractivity contribution in [1.82, 2.24) is 10.3 Å². The molecule has 2 aromatic carbocycles. The van der Waals surface area contributed by atoms with Crippen LogP contribution in [0.15, 0.2) is 48.5 Å². The Kier molecular flexibility index (Phi) is 7.82. The van der Waals surface area contributed by atoms with Gasteiger partial charge in [-0.05, 0) is 54.7 Å². The third-order valence-electron chi connectivity index (χ3n) is 4.74. The van der Waals surface area contributed by atoms with E-state index < -0.39 is 0 Å². The molecule has 31 heavy (non-hydrogen) atoms. The summed E-state index contributed by atoms with van der Waals surface area (Å²) in [6.45, 7) is 2.40. The van der Waals surface area contributed by atoms with E-state index in [1.54, 1.807) is 11.3 Å². The van der Waals surface area contributed by atoms with Crippen LogP contribution >= 0.6 is 46.5 Å². The molecule has 1 aliphatic rings. The second-order valence-electron chi connectivity index (χ2n) is 7.08. The number of aryl methyl sites for hydroxylation is 1. The van der Waals surface area contributed by atoms with Crippen LogP contribution in [0.1, 0.15) is 26.5 Å². The normalized spacial score (nSPS) is 14.4. The smallest absolute Gasteiger partial charge is 0.258 e. The molecule has 1 aromatic heterocycles. The second kappa shape index (κ2) is 10.8. The Balaban J connectivity index is 1.26. The molecule has 0 bridgehead atoms. The van der Waals surface area contributed by atoms with E-state index >= 15 is 0 Å². The summed E-state index contributed by atoms with van der Waals surface area (Å²) in [6, 6.07) is 15.7. The lowest BCUT2D eigenvalue weighted by Gasteiger charge is -2.21. The lowest BCUT2D eigenvalue weighted by atomic mass is 10.1. The number of benzene rings is 2. The van der Waals surface area contributed by atoms with Gasteiger partial charge in [0.2, 0.25) is 0 Å². The number of thiazole rings is 1.